The van der Waals surface area contributed by atoms with Crippen molar-refractivity contribution in [2.45, 2.75) is 66.5 Å². The van der Waals surface area contributed by atoms with Crippen molar-refractivity contribution in [2.75, 3.05) is 5.32 Å². The number of amides is 1. The van der Waals surface area contributed by atoms with Gasteiger partial charge in [0.2, 0.25) is 5.91 Å². The minimum Gasteiger partial charge on any atom is -0.325 e. The van der Waals surface area contributed by atoms with Crippen LogP contribution in [0.3, 0.4) is 0 Å². The first-order chi connectivity index (χ1) is 15.7. The Kier molecular flexibility index (Phi) is 7.63. The maximum Gasteiger partial charge on any atom is 0.330 e. The lowest BCUT2D eigenvalue weighted by Gasteiger charge is -2.12. The largest absolute Gasteiger partial charge is 0.330 e. The molecule has 0 bridgehead atoms. The van der Waals surface area contributed by atoms with Gasteiger partial charge in [0.25, 0.3) is 5.56 Å². The molecule has 0 aliphatic carbocycles. The van der Waals surface area contributed by atoms with Gasteiger partial charge in [0.1, 0.15) is 5.82 Å². The Balaban J connectivity index is 1.93. The van der Waals surface area contributed by atoms with Gasteiger partial charge < -0.3 is 9.88 Å². The molecule has 176 valence electrons. The third-order valence-electron chi connectivity index (χ3n) is 5.40. The molecule has 0 saturated carbocycles. The number of aryl methyl sites for hydroxylation is 2. The Morgan fingerprint density at radius 2 is 1.88 bits per heavy atom. The molecule has 0 spiro atoms. The Morgan fingerprint density at radius 1 is 1.15 bits per heavy atom. The summed E-state index contributed by atoms with van der Waals surface area (Å²) < 4.78 is 3.32. The monoisotopic (exact) mass is 453 g/mol. The number of carbonyl (C=O) groups excluding carboxylic acids is 2. The van der Waals surface area contributed by atoms with Crippen LogP contribution in [-0.2, 0) is 24.3 Å². The number of carbonyl (C=O) groups is 2. The summed E-state index contributed by atoms with van der Waals surface area (Å²) in [4.78, 5) is 56.6. The van der Waals surface area contributed by atoms with Crippen LogP contribution in [0.15, 0.2) is 33.9 Å². The van der Waals surface area contributed by atoms with Crippen molar-refractivity contribution in [3.63, 3.8) is 0 Å². The third kappa shape index (κ3) is 5.47. The van der Waals surface area contributed by atoms with Crippen molar-refractivity contribution in [1.29, 1.82) is 0 Å². The Bertz CT molecular complexity index is 1280. The van der Waals surface area contributed by atoms with Gasteiger partial charge in [-0.15, -0.1) is 0 Å². The zero-order valence-electron chi connectivity index (χ0n) is 19.6. The zero-order chi connectivity index (χ0) is 24.1. The number of rotatable bonds is 10. The van der Waals surface area contributed by atoms with E-state index < -0.39 is 11.2 Å². The number of hydrogen-bond donors (Lipinski definition) is 2. The number of aromatic nitrogens is 4. The number of fused-ring (bicyclic) bond motifs is 1. The molecule has 9 nitrogen and oxygen atoms in total. The highest BCUT2D eigenvalue weighted by Crippen LogP contribution is 2.18. The van der Waals surface area contributed by atoms with Gasteiger partial charge in [0, 0.05) is 31.5 Å². The molecule has 0 saturated heterocycles. The molecule has 1 amide bonds. The molecule has 3 aromatic rings. The van der Waals surface area contributed by atoms with Crippen molar-refractivity contribution in [3.05, 3.63) is 56.5 Å². The lowest BCUT2D eigenvalue weighted by atomic mass is 10.1. The predicted octanol–water partition coefficient (Wildman–Crippen LogP) is 3.12. The standard InChI is InChI=1S/C24H31N5O4/c1-5-6-13-28-22-21(23(32)27-24(28)33)29(14-15(2)3)19(26-22)11-12-20(31)25-18-10-8-7-9-17(18)16(4)30/h7-10,15H,5-6,11-14H2,1-4H3,(H,25,31)(H,27,32,33). The van der Waals surface area contributed by atoms with Crippen molar-refractivity contribution in [2.24, 2.45) is 5.92 Å². The molecular formula is C24H31N5O4. The molecule has 9 heteroatoms. The number of Topliss-reactive ketones (excluding diaryl/α,β-unsaturated/α-hetero) is 1. The van der Waals surface area contributed by atoms with Crippen LogP contribution in [-0.4, -0.2) is 30.8 Å². The van der Waals surface area contributed by atoms with Crippen LogP contribution in [0.5, 0.6) is 0 Å². The zero-order valence-corrected chi connectivity index (χ0v) is 19.6. The van der Waals surface area contributed by atoms with E-state index in [9.17, 15) is 19.2 Å². The second-order valence-electron chi connectivity index (χ2n) is 8.62. The molecule has 33 heavy (non-hydrogen) atoms. The molecule has 0 aliphatic heterocycles. The second-order valence-corrected chi connectivity index (χ2v) is 8.62. The van der Waals surface area contributed by atoms with E-state index in [4.69, 9.17) is 0 Å². The highest BCUT2D eigenvalue weighted by Gasteiger charge is 2.20. The molecule has 3 rings (SSSR count). The molecular weight excluding hydrogens is 422 g/mol. The highest BCUT2D eigenvalue weighted by atomic mass is 16.2. The number of para-hydroxylation sites is 1. The maximum absolute atomic E-state index is 12.7. The Morgan fingerprint density at radius 3 is 2.55 bits per heavy atom. The molecule has 0 unspecified atom stereocenters. The van der Waals surface area contributed by atoms with Gasteiger partial charge in [-0.2, -0.15) is 0 Å². The smallest absolute Gasteiger partial charge is 0.325 e. The number of nitrogens with one attached hydrogen (secondary N) is 2. The lowest BCUT2D eigenvalue weighted by Crippen LogP contribution is -2.31. The minimum atomic E-state index is -0.472. The maximum atomic E-state index is 12.7. The van der Waals surface area contributed by atoms with E-state index in [0.29, 0.717) is 41.3 Å². The molecule has 2 aromatic heterocycles. The van der Waals surface area contributed by atoms with Gasteiger partial charge in [0.15, 0.2) is 16.9 Å². The van der Waals surface area contributed by atoms with Crippen LogP contribution in [0.4, 0.5) is 5.69 Å². The first-order valence-corrected chi connectivity index (χ1v) is 11.3. The van der Waals surface area contributed by atoms with Crippen LogP contribution >= 0.6 is 0 Å². The van der Waals surface area contributed by atoms with E-state index in [1.54, 1.807) is 24.3 Å². The number of benzene rings is 1. The van der Waals surface area contributed by atoms with E-state index in [2.05, 4.69) is 15.3 Å². The van der Waals surface area contributed by atoms with Gasteiger partial charge in [-0.1, -0.05) is 39.3 Å². The van der Waals surface area contributed by atoms with Crippen molar-refractivity contribution < 1.29 is 9.59 Å². The summed E-state index contributed by atoms with van der Waals surface area (Å²) in [6.45, 7) is 8.54. The number of anilines is 1. The quantitative estimate of drug-likeness (QED) is 0.457. The molecule has 0 radical (unpaired) electrons. The normalized spacial score (nSPS) is 11.3. The van der Waals surface area contributed by atoms with E-state index in [-0.39, 0.29) is 30.4 Å². The van der Waals surface area contributed by atoms with Crippen LogP contribution in [0.2, 0.25) is 0 Å². The van der Waals surface area contributed by atoms with Crippen molar-refractivity contribution >= 4 is 28.5 Å². The van der Waals surface area contributed by atoms with E-state index in [1.165, 1.54) is 11.5 Å². The summed E-state index contributed by atoms with van der Waals surface area (Å²) in [5.74, 6) is 0.418. The molecule has 1 aromatic carbocycles. The van der Waals surface area contributed by atoms with Gasteiger partial charge in [-0.05, 0) is 31.4 Å². The topological polar surface area (TPSA) is 119 Å². The molecule has 0 fully saturated rings. The van der Waals surface area contributed by atoms with Crippen molar-refractivity contribution in [1.82, 2.24) is 19.1 Å². The number of aromatic amines is 1. The Hall–Kier alpha value is -3.49. The molecule has 2 N–H and O–H groups in total. The lowest BCUT2D eigenvalue weighted by molar-refractivity contribution is -0.116. The fourth-order valence-corrected chi connectivity index (χ4v) is 3.83. The van der Waals surface area contributed by atoms with Gasteiger partial charge in [-0.25, -0.2) is 9.78 Å². The first-order valence-electron chi connectivity index (χ1n) is 11.3. The SMILES string of the molecule is CCCCn1c(=O)[nH]c(=O)c2c1nc(CCC(=O)Nc1ccccc1C(C)=O)n2CC(C)C. The van der Waals surface area contributed by atoms with E-state index in [0.717, 1.165) is 12.8 Å². The summed E-state index contributed by atoms with van der Waals surface area (Å²) in [6.07, 6.45) is 2.08. The molecule has 0 aliphatic rings. The van der Waals surface area contributed by atoms with E-state index >= 15 is 0 Å². The first kappa shape index (κ1) is 24.2. The van der Waals surface area contributed by atoms with Gasteiger partial charge in [-0.3, -0.25) is 23.9 Å². The number of ketones is 1. The average Bonchev–Trinajstić information content (AvgIpc) is 3.10. The molecule has 2 heterocycles. The fourth-order valence-electron chi connectivity index (χ4n) is 3.83. The predicted molar refractivity (Wildman–Crippen MR) is 128 cm³/mol. The average molecular weight is 454 g/mol. The van der Waals surface area contributed by atoms with Gasteiger partial charge in [0.05, 0.1) is 5.69 Å². The van der Waals surface area contributed by atoms with Crippen molar-refractivity contribution in [3.8, 4) is 0 Å². The second kappa shape index (κ2) is 10.4. The fraction of sp³-hybridized carbons (Fsp3) is 0.458. The number of imidazole rings is 1. The highest BCUT2D eigenvalue weighted by molar-refractivity contribution is 6.03. The number of hydrogen-bond acceptors (Lipinski definition) is 5. The van der Waals surface area contributed by atoms with Gasteiger partial charge >= 0.3 is 5.69 Å². The van der Waals surface area contributed by atoms with Crippen LogP contribution in [0.25, 0.3) is 11.2 Å². The van der Waals surface area contributed by atoms with Crippen LogP contribution in [0.1, 0.15) is 63.1 Å². The molecule has 0 atom stereocenters. The summed E-state index contributed by atoms with van der Waals surface area (Å²) in [5.41, 5.74) is 0.689. The number of H-pyrrole nitrogens is 1. The summed E-state index contributed by atoms with van der Waals surface area (Å²) >= 11 is 0. The van der Waals surface area contributed by atoms with Crippen LogP contribution < -0.4 is 16.6 Å². The summed E-state index contributed by atoms with van der Waals surface area (Å²) in [6, 6.07) is 6.86. The van der Waals surface area contributed by atoms with Crippen LogP contribution in [0, 0.1) is 5.92 Å². The number of unbranched alkanes of at least 4 members (excludes halogenated alkanes) is 1. The summed E-state index contributed by atoms with van der Waals surface area (Å²) in [7, 11) is 0. The third-order valence-corrected chi connectivity index (χ3v) is 5.40. The van der Waals surface area contributed by atoms with E-state index in [1.807, 2.05) is 25.3 Å². The minimum absolute atomic E-state index is 0.116. The summed E-state index contributed by atoms with van der Waals surface area (Å²) in [5, 5.41) is 2.80. The Labute approximate surface area is 191 Å². The number of nitrogens with zero attached hydrogens (tertiary/aromatic N) is 3.